The van der Waals surface area contributed by atoms with Gasteiger partial charge in [-0.05, 0) is 19.3 Å². The number of nitrogens with one attached hydrogen (secondary N) is 1. The van der Waals surface area contributed by atoms with Crippen molar-refractivity contribution < 1.29 is 9.59 Å². The maximum absolute atomic E-state index is 12.1. The van der Waals surface area contributed by atoms with Crippen molar-refractivity contribution in [2.24, 2.45) is 11.7 Å². The Kier molecular flexibility index (Phi) is 6.12. The van der Waals surface area contributed by atoms with Gasteiger partial charge in [-0.3, -0.25) is 9.59 Å². The SMILES string of the molecule is CCCC(N)CC(=O)N1CCCC(C(=O)NC)C1. The van der Waals surface area contributed by atoms with Crippen LogP contribution >= 0.6 is 0 Å². The molecular weight excluding hydrogens is 230 g/mol. The summed E-state index contributed by atoms with van der Waals surface area (Å²) in [4.78, 5) is 25.4. The van der Waals surface area contributed by atoms with E-state index < -0.39 is 0 Å². The van der Waals surface area contributed by atoms with Gasteiger partial charge in [-0.2, -0.15) is 0 Å². The van der Waals surface area contributed by atoms with Crippen molar-refractivity contribution >= 4 is 11.8 Å². The van der Waals surface area contributed by atoms with E-state index in [-0.39, 0.29) is 23.8 Å². The smallest absolute Gasteiger partial charge is 0.224 e. The molecule has 2 atom stereocenters. The molecule has 1 aliphatic rings. The molecule has 1 aliphatic heterocycles. The summed E-state index contributed by atoms with van der Waals surface area (Å²) in [5.41, 5.74) is 5.89. The van der Waals surface area contributed by atoms with E-state index in [0.717, 1.165) is 32.2 Å². The van der Waals surface area contributed by atoms with E-state index >= 15 is 0 Å². The Hall–Kier alpha value is -1.10. The van der Waals surface area contributed by atoms with E-state index in [4.69, 9.17) is 5.73 Å². The first-order valence-electron chi connectivity index (χ1n) is 6.83. The maximum Gasteiger partial charge on any atom is 0.224 e. The number of hydrogen-bond donors (Lipinski definition) is 2. The first kappa shape index (κ1) is 15.0. The Morgan fingerprint density at radius 1 is 1.50 bits per heavy atom. The lowest BCUT2D eigenvalue weighted by Crippen LogP contribution is -2.46. The fourth-order valence-corrected chi connectivity index (χ4v) is 2.45. The zero-order valence-electron chi connectivity index (χ0n) is 11.4. The average Bonchev–Trinajstić information content (AvgIpc) is 2.38. The summed E-state index contributed by atoms with van der Waals surface area (Å²) in [5.74, 6) is 0.0602. The predicted octanol–water partition coefficient (Wildman–Crippen LogP) is 0.489. The number of rotatable bonds is 5. The highest BCUT2D eigenvalue weighted by Crippen LogP contribution is 2.17. The first-order chi connectivity index (χ1) is 8.58. The Bertz CT molecular complexity index is 294. The van der Waals surface area contributed by atoms with Crippen LogP contribution < -0.4 is 11.1 Å². The van der Waals surface area contributed by atoms with Crippen LogP contribution in [0.1, 0.15) is 39.0 Å². The van der Waals surface area contributed by atoms with Crippen molar-refractivity contribution in [2.75, 3.05) is 20.1 Å². The van der Waals surface area contributed by atoms with Crippen molar-refractivity contribution in [1.82, 2.24) is 10.2 Å². The van der Waals surface area contributed by atoms with Gasteiger partial charge in [-0.15, -0.1) is 0 Å². The largest absolute Gasteiger partial charge is 0.359 e. The summed E-state index contributed by atoms with van der Waals surface area (Å²) in [7, 11) is 1.64. The van der Waals surface area contributed by atoms with Crippen LogP contribution in [-0.2, 0) is 9.59 Å². The molecule has 1 heterocycles. The summed E-state index contributed by atoms with van der Waals surface area (Å²) in [6.07, 6.45) is 4.03. The van der Waals surface area contributed by atoms with Gasteiger partial charge in [0.05, 0.1) is 5.92 Å². The molecule has 104 valence electrons. The monoisotopic (exact) mass is 255 g/mol. The number of piperidine rings is 1. The van der Waals surface area contributed by atoms with Crippen molar-refractivity contribution in [1.29, 1.82) is 0 Å². The van der Waals surface area contributed by atoms with Crippen LogP contribution in [0.3, 0.4) is 0 Å². The second kappa shape index (κ2) is 7.36. The summed E-state index contributed by atoms with van der Waals surface area (Å²) < 4.78 is 0. The Morgan fingerprint density at radius 2 is 2.22 bits per heavy atom. The van der Waals surface area contributed by atoms with Crippen molar-refractivity contribution in [2.45, 2.75) is 45.1 Å². The standard InChI is InChI=1S/C13H25N3O2/c1-3-5-11(14)8-12(17)16-7-4-6-10(9-16)13(18)15-2/h10-11H,3-9,14H2,1-2H3,(H,15,18). The number of amides is 2. The number of carbonyl (C=O) groups excluding carboxylic acids is 2. The molecule has 1 fully saturated rings. The van der Waals surface area contributed by atoms with E-state index in [1.807, 2.05) is 0 Å². The van der Waals surface area contributed by atoms with Gasteiger partial charge in [-0.1, -0.05) is 13.3 Å². The normalized spacial score (nSPS) is 21.5. The van der Waals surface area contributed by atoms with Gasteiger partial charge in [-0.25, -0.2) is 0 Å². The molecule has 5 heteroatoms. The number of likely N-dealkylation sites (tertiary alicyclic amines) is 1. The highest BCUT2D eigenvalue weighted by atomic mass is 16.2. The van der Waals surface area contributed by atoms with E-state index in [1.54, 1.807) is 11.9 Å². The van der Waals surface area contributed by atoms with E-state index in [0.29, 0.717) is 13.0 Å². The molecule has 2 unspecified atom stereocenters. The minimum absolute atomic E-state index is 0.0327. The molecule has 0 bridgehead atoms. The first-order valence-corrected chi connectivity index (χ1v) is 6.83. The van der Waals surface area contributed by atoms with E-state index in [2.05, 4.69) is 12.2 Å². The Balaban J connectivity index is 2.45. The minimum atomic E-state index is -0.0601. The molecule has 2 amide bonds. The lowest BCUT2D eigenvalue weighted by molar-refractivity contribution is -0.135. The van der Waals surface area contributed by atoms with Gasteiger partial charge in [0.15, 0.2) is 0 Å². The Labute approximate surface area is 109 Å². The number of hydrogen-bond acceptors (Lipinski definition) is 3. The Morgan fingerprint density at radius 3 is 2.83 bits per heavy atom. The third-order valence-corrected chi connectivity index (χ3v) is 3.49. The van der Waals surface area contributed by atoms with Crippen LogP contribution in [-0.4, -0.2) is 42.9 Å². The highest BCUT2D eigenvalue weighted by Gasteiger charge is 2.28. The van der Waals surface area contributed by atoms with Gasteiger partial charge < -0.3 is 16.0 Å². The van der Waals surface area contributed by atoms with Crippen molar-refractivity contribution in [3.05, 3.63) is 0 Å². The molecule has 0 aromatic heterocycles. The molecule has 0 saturated carbocycles. The average molecular weight is 255 g/mol. The molecular formula is C13H25N3O2. The molecule has 0 aromatic rings. The van der Waals surface area contributed by atoms with Crippen LogP contribution in [0.2, 0.25) is 0 Å². The molecule has 5 nitrogen and oxygen atoms in total. The van der Waals surface area contributed by atoms with Crippen molar-refractivity contribution in [3.63, 3.8) is 0 Å². The number of carbonyl (C=O) groups is 2. The van der Waals surface area contributed by atoms with Crippen LogP contribution in [0.25, 0.3) is 0 Å². The lowest BCUT2D eigenvalue weighted by atomic mass is 9.96. The van der Waals surface area contributed by atoms with Gasteiger partial charge in [0.25, 0.3) is 0 Å². The van der Waals surface area contributed by atoms with Crippen LogP contribution in [0, 0.1) is 5.92 Å². The second-order valence-corrected chi connectivity index (χ2v) is 5.05. The van der Waals surface area contributed by atoms with Crippen LogP contribution in [0.15, 0.2) is 0 Å². The predicted molar refractivity (Wildman–Crippen MR) is 70.9 cm³/mol. The molecule has 0 aliphatic carbocycles. The molecule has 0 aromatic carbocycles. The summed E-state index contributed by atoms with van der Waals surface area (Å²) in [5, 5.41) is 2.65. The zero-order chi connectivity index (χ0) is 13.5. The number of nitrogens with zero attached hydrogens (tertiary/aromatic N) is 1. The van der Waals surface area contributed by atoms with E-state index in [9.17, 15) is 9.59 Å². The summed E-state index contributed by atoms with van der Waals surface area (Å²) >= 11 is 0. The fourth-order valence-electron chi connectivity index (χ4n) is 2.45. The fraction of sp³-hybridized carbons (Fsp3) is 0.846. The van der Waals surface area contributed by atoms with Gasteiger partial charge >= 0.3 is 0 Å². The molecule has 18 heavy (non-hydrogen) atoms. The number of nitrogens with two attached hydrogens (primary N) is 1. The zero-order valence-corrected chi connectivity index (χ0v) is 11.4. The van der Waals surface area contributed by atoms with Crippen LogP contribution in [0.5, 0.6) is 0 Å². The summed E-state index contributed by atoms with van der Waals surface area (Å²) in [6, 6.07) is -0.0529. The third-order valence-electron chi connectivity index (χ3n) is 3.49. The second-order valence-electron chi connectivity index (χ2n) is 5.05. The summed E-state index contributed by atoms with van der Waals surface area (Å²) in [6.45, 7) is 3.36. The highest BCUT2D eigenvalue weighted by molar-refractivity contribution is 5.81. The maximum atomic E-state index is 12.1. The quantitative estimate of drug-likeness (QED) is 0.750. The third kappa shape index (κ3) is 4.29. The van der Waals surface area contributed by atoms with Gasteiger partial charge in [0, 0.05) is 32.6 Å². The van der Waals surface area contributed by atoms with Gasteiger partial charge in [0.2, 0.25) is 11.8 Å². The molecule has 3 N–H and O–H groups in total. The molecule has 0 radical (unpaired) electrons. The molecule has 1 rings (SSSR count). The molecule has 1 saturated heterocycles. The van der Waals surface area contributed by atoms with E-state index in [1.165, 1.54) is 0 Å². The lowest BCUT2D eigenvalue weighted by Gasteiger charge is -2.32. The van der Waals surface area contributed by atoms with Crippen molar-refractivity contribution in [3.8, 4) is 0 Å². The molecule has 0 spiro atoms. The minimum Gasteiger partial charge on any atom is -0.359 e. The van der Waals surface area contributed by atoms with Gasteiger partial charge in [0.1, 0.15) is 0 Å². The van der Waals surface area contributed by atoms with Crippen LogP contribution in [0.4, 0.5) is 0 Å². The topological polar surface area (TPSA) is 75.4 Å².